The Balaban J connectivity index is 2.01. The first-order chi connectivity index (χ1) is 10.6. The van der Waals surface area contributed by atoms with Crippen LogP contribution in [0.25, 0.3) is 11.4 Å². The van der Waals surface area contributed by atoms with Crippen molar-refractivity contribution in [3.63, 3.8) is 0 Å². The summed E-state index contributed by atoms with van der Waals surface area (Å²) in [6.45, 7) is 6.14. The molecule has 1 aromatic heterocycles. The Morgan fingerprint density at radius 1 is 1.29 bits per heavy atom. The lowest BCUT2D eigenvalue weighted by Gasteiger charge is -2.27. The van der Waals surface area contributed by atoms with Gasteiger partial charge >= 0.3 is 0 Å². The number of ketones is 1. The summed E-state index contributed by atoms with van der Waals surface area (Å²) in [6.07, 6.45) is 1.03. The highest BCUT2D eigenvalue weighted by molar-refractivity contribution is 5.98. The van der Waals surface area contributed by atoms with E-state index in [2.05, 4.69) is 21.8 Å². The van der Waals surface area contributed by atoms with Crippen LogP contribution in [0.2, 0.25) is 0 Å². The maximum Gasteiger partial charge on any atom is 0.195 e. The molecule has 3 rings (SSSR count). The molecule has 1 aromatic carbocycles. The number of rotatable bonds is 3. The first-order valence-electron chi connectivity index (χ1n) is 7.78. The Kier molecular flexibility index (Phi) is 3.46. The van der Waals surface area contributed by atoms with Crippen LogP contribution in [0, 0.1) is 6.92 Å². The Morgan fingerprint density at radius 3 is 2.76 bits per heavy atom. The quantitative estimate of drug-likeness (QED) is 0.868. The molecule has 21 heavy (non-hydrogen) atoms. The van der Waals surface area contributed by atoms with Crippen molar-refractivity contribution >= 4 is 5.78 Å². The lowest BCUT2D eigenvalue weighted by atomic mass is 10.0. The van der Waals surface area contributed by atoms with Crippen LogP contribution in [0.3, 0.4) is 0 Å². The summed E-state index contributed by atoms with van der Waals surface area (Å²) in [5.74, 6) is 0.632. The normalized spacial score (nSPS) is 15.7. The number of fused-ring (bicyclic) bond motifs is 1. The number of nitrogens with zero attached hydrogens (tertiary/aromatic N) is 3. The predicted molar refractivity (Wildman–Crippen MR) is 82.1 cm³/mol. The monoisotopic (exact) mass is 282 g/mol. The first kappa shape index (κ1) is 12.7. The molecular weight excluding hydrogens is 262 g/mol. The molecule has 0 atom stereocenters. The van der Waals surface area contributed by atoms with E-state index in [4.69, 9.17) is 1.37 Å². The molecule has 0 fully saturated rings. The van der Waals surface area contributed by atoms with E-state index in [1.54, 1.807) is 12.1 Å². The molecule has 4 heteroatoms. The molecule has 2 heterocycles. The number of aryl methyl sites for hydroxylation is 1. The van der Waals surface area contributed by atoms with Gasteiger partial charge in [-0.05, 0) is 19.9 Å². The molecule has 0 aliphatic carbocycles. The molecular formula is C17H19N3O. The summed E-state index contributed by atoms with van der Waals surface area (Å²) in [7, 11) is 0. The Labute approximate surface area is 126 Å². The van der Waals surface area contributed by atoms with Gasteiger partial charge in [0.1, 0.15) is 5.69 Å². The van der Waals surface area contributed by atoms with Gasteiger partial charge in [0, 0.05) is 23.4 Å². The van der Waals surface area contributed by atoms with Crippen molar-refractivity contribution < 1.29 is 6.17 Å². The number of carbonyl (C=O) groups excluding carboxylic acids is 1. The van der Waals surface area contributed by atoms with Gasteiger partial charge < -0.3 is 0 Å². The summed E-state index contributed by atoms with van der Waals surface area (Å²) in [5.41, 5.74) is 3.21. The SMILES string of the molecule is [2H]c1ccc(-c2nc(C)c3c(n2)C(=O)CN(CCC)C3)cc1. The van der Waals surface area contributed by atoms with Gasteiger partial charge in [-0.25, -0.2) is 9.97 Å². The van der Waals surface area contributed by atoms with Gasteiger partial charge in [0.25, 0.3) is 0 Å². The maximum absolute atomic E-state index is 12.4. The van der Waals surface area contributed by atoms with Crippen LogP contribution in [-0.4, -0.2) is 33.7 Å². The number of carbonyl (C=O) groups is 1. The molecule has 0 saturated carbocycles. The van der Waals surface area contributed by atoms with Crippen LogP contribution >= 0.6 is 0 Å². The minimum atomic E-state index is 0.0681. The summed E-state index contributed by atoms with van der Waals surface area (Å²) in [4.78, 5) is 23.6. The van der Waals surface area contributed by atoms with Gasteiger partial charge in [-0.2, -0.15) is 0 Å². The average Bonchev–Trinajstić information content (AvgIpc) is 2.49. The van der Waals surface area contributed by atoms with E-state index in [0.717, 1.165) is 36.3 Å². The van der Waals surface area contributed by atoms with E-state index in [1.165, 1.54) is 0 Å². The molecule has 0 bridgehead atoms. The van der Waals surface area contributed by atoms with Crippen LogP contribution in [0.5, 0.6) is 0 Å². The highest BCUT2D eigenvalue weighted by Crippen LogP contribution is 2.23. The first-order valence-corrected chi connectivity index (χ1v) is 7.28. The average molecular weight is 282 g/mol. The predicted octanol–water partition coefficient (Wildman–Crippen LogP) is 2.86. The van der Waals surface area contributed by atoms with E-state index in [-0.39, 0.29) is 5.78 Å². The standard InChI is InChI=1S/C17H19N3O/c1-3-9-20-10-14-12(2)18-17(13-7-5-4-6-8-13)19-16(14)15(21)11-20/h4-8H,3,9-11H2,1-2H3/i4D. The second-order valence-corrected chi connectivity index (χ2v) is 5.38. The minimum Gasteiger partial charge on any atom is -0.291 e. The third-order valence-corrected chi connectivity index (χ3v) is 3.74. The second-order valence-electron chi connectivity index (χ2n) is 5.38. The van der Waals surface area contributed by atoms with Crippen LogP contribution in [0.15, 0.2) is 30.3 Å². The smallest absolute Gasteiger partial charge is 0.195 e. The van der Waals surface area contributed by atoms with Crippen LogP contribution in [-0.2, 0) is 6.54 Å². The van der Waals surface area contributed by atoms with Gasteiger partial charge in [0.15, 0.2) is 11.6 Å². The molecule has 0 radical (unpaired) electrons. The Hall–Kier alpha value is -2.07. The number of hydrogen-bond acceptors (Lipinski definition) is 4. The van der Waals surface area contributed by atoms with Crippen molar-refractivity contribution in [3.05, 3.63) is 47.3 Å². The maximum atomic E-state index is 12.4. The van der Waals surface area contributed by atoms with Crippen molar-refractivity contribution in [1.82, 2.24) is 14.9 Å². The van der Waals surface area contributed by atoms with Crippen molar-refractivity contribution in [3.8, 4) is 11.4 Å². The Morgan fingerprint density at radius 2 is 2.05 bits per heavy atom. The minimum absolute atomic E-state index is 0.0681. The van der Waals surface area contributed by atoms with Crippen molar-refractivity contribution in [2.75, 3.05) is 13.1 Å². The molecule has 0 unspecified atom stereocenters. The highest BCUT2D eigenvalue weighted by atomic mass is 16.1. The third-order valence-electron chi connectivity index (χ3n) is 3.74. The summed E-state index contributed by atoms with van der Waals surface area (Å²) >= 11 is 0. The number of hydrogen-bond donors (Lipinski definition) is 0. The van der Waals surface area contributed by atoms with E-state index >= 15 is 0 Å². The van der Waals surface area contributed by atoms with E-state index < -0.39 is 0 Å². The number of Topliss-reactive ketones (excluding diaryl/α,β-unsaturated/α-hetero) is 1. The third kappa shape index (κ3) is 2.72. The van der Waals surface area contributed by atoms with Crippen LogP contribution < -0.4 is 0 Å². The fraction of sp³-hybridized carbons (Fsp3) is 0.353. The van der Waals surface area contributed by atoms with Crippen LogP contribution in [0.4, 0.5) is 0 Å². The summed E-state index contributed by atoms with van der Waals surface area (Å²) in [5, 5.41) is 0. The number of aromatic nitrogens is 2. The summed E-state index contributed by atoms with van der Waals surface area (Å²) < 4.78 is 7.54. The fourth-order valence-corrected chi connectivity index (χ4v) is 2.71. The molecule has 0 N–H and O–H groups in total. The fourth-order valence-electron chi connectivity index (χ4n) is 2.71. The second kappa shape index (κ2) is 5.74. The van der Waals surface area contributed by atoms with Crippen molar-refractivity contribution in [1.29, 1.82) is 0 Å². The lowest BCUT2D eigenvalue weighted by Crippen LogP contribution is -2.37. The highest BCUT2D eigenvalue weighted by Gasteiger charge is 2.26. The summed E-state index contributed by atoms with van der Waals surface area (Å²) in [6, 6.07) is 7.50. The van der Waals surface area contributed by atoms with E-state index in [1.807, 2.05) is 19.1 Å². The molecule has 0 saturated heterocycles. The Bertz CT molecular complexity index is 713. The van der Waals surface area contributed by atoms with Gasteiger partial charge in [0.2, 0.25) is 0 Å². The van der Waals surface area contributed by atoms with Gasteiger partial charge in [-0.3, -0.25) is 9.69 Å². The van der Waals surface area contributed by atoms with E-state index in [0.29, 0.717) is 24.1 Å². The zero-order valence-corrected chi connectivity index (χ0v) is 12.4. The largest absolute Gasteiger partial charge is 0.291 e. The van der Waals surface area contributed by atoms with E-state index in [9.17, 15) is 4.79 Å². The zero-order valence-electron chi connectivity index (χ0n) is 13.4. The molecule has 0 amide bonds. The van der Waals surface area contributed by atoms with Gasteiger partial charge in [0.05, 0.1) is 7.92 Å². The molecule has 1 aliphatic rings. The lowest BCUT2D eigenvalue weighted by molar-refractivity contribution is 0.0894. The molecule has 2 aromatic rings. The molecule has 0 spiro atoms. The topological polar surface area (TPSA) is 46.1 Å². The van der Waals surface area contributed by atoms with Gasteiger partial charge in [-0.1, -0.05) is 37.2 Å². The molecule has 108 valence electrons. The number of benzene rings is 1. The van der Waals surface area contributed by atoms with Crippen LogP contribution in [0.1, 0.15) is 36.5 Å². The molecule has 1 aliphatic heterocycles. The van der Waals surface area contributed by atoms with Crippen molar-refractivity contribution in [2.45, 2.75) is 26.8 Å². The van der Waals surface area contributed by atoms with Crippen molar-refractivity contribution in [2.24, 2.45) is 0 Å². The van der Waals surface area contributed by atoms with Gasteiger partial charge in [-0.15, -0.1) is 0 Å². The zero-order chi connectivity index (χ0) is 15.7. The molecule has 4 nitrogen and oxygen atoms in total.